The summed E-state index contributed by atoms with van der Waals surface area (Å²) >= 11 is 0. The Kier molecular flexibility index (Phi) is 6.90. The molecule has 0 aliphatic rings. The lowest BCUT2D eigenvalue weighted by molar-refractivity contribution is 0.305. The summed E-state index contributed by atoms with van der Waals surface area (Å²) in [6.45, 7) is 5.61. The van der Waals surface area contributed by atoms with Crippen molar-refractivity contribution in [2.45, 2.75) is 33.2 Å². The average molecular weight is 309 g/mol. The number of nitrogens with one attached hydrogen (secondary N) is 1. The average Bonchev–Trinajstić information content (AvgIpc) is 2.37. The fourth-order valence-electron chi connectivity index (χ4n) is 1.93. The van der Waals surface area contributed by atoms with Gasteiger partial charge in [0.25, 0.3) is 0 Å². The highest BCUT2D eigenvalue weighted by atomic mass is 32.2. The van der Waals surface area contributed by atoms with Gasteiger partial charge in [-0.15, -0.1) is 0 Å². The van der Waals surface area contributed by atoms with Crippen molar-refractivity contribution in [3.63, 3.8) is 0 Å². The van der Waals surface area contributed by atoms with Crippen LogP contribution in [0.25, 0.3) is 0 Å². The summed E-state index contributed by atoms with van der Waals surface area (Å²) in [6.07, 6.45) is 0.431. The highest BCUT2D eigenvalue weighted by Crippen LogP contribution is 2.15. The van der Waals surface area contributed by atoms with Crippen LogP contribution < -0.4 is 4.72 Å². The smallest absolute Gasteiger partial charge is 0.212 e. The van der Waals surface area contributed by atoms with Crippen molar-refractivity contribution in [3.05, 3.63) is 35.4 Å². The SMILES string of the molecule is CC(C)CS(=O)(=O)NC(C)c1cccc(C#CCCO)c1. The van der Waals surface area contributed by atoms with E-state index in [4.69, 9.17) is 5.11 Å². The van der Waals surface area contributed by atoms with Gasteiger partial charge >= 0.3 is 0 Å². The van der Waals surface area contributed by atoms with E-state index in [2.05, 4.69) is 16.6 Å². The summed E-state index contributed by atoms with van der Waals surface area (Å²) in [7, 11) is -3.28. The van der Waals surface area contributed by atoms with Gasteiger partial charge in [-0.3, -0.25) is 0 Å². The number of sulfonamides is 1. The van der Waals surface area contributed by atoms with Crippen LogP contribution in [-0.4, -0.2) is 25.9 Å². The molecule has 116 valence electrons. The maximum Gasteiger partial charge on any atom is 0.212 e. The quantitative estimate of drug-likeness (QED) is 0.791. The summed E-state index contributed by atoms with van der Waals surface area (Å²) in [6, 6.07) is 7.16. The van der Waals surface area contributed by atoms with Crippen LogP contribution in [0.15, 0.2) is 24.3 Å². The molecule has 0 aliphatic carbocycles. The lowest BCUT2D eigenvalue weighted by atomic mass is 10.1. The lowest BCUT2D eigenvalue weighted by Gasteiger charge is -2.16. The second-order valence-electron chi connectivity index (χ2n) is 5.42. The van der Waals surface area contributed by atoms with Crippen LogP contribution in [0, 0.1) is 17.8 Å². The topological polar surface area (TPSA) is 66.4 Å². The molecular formula is C16H23NO3S. The molecule has 0 spiro atoms. The first-order chi connectivity index (χ1) is 9.84. The fraction of sp³-hybridized carbons (Fsp3) is 0.500. The molecule has 0 bridgehead atoms. The molecule has 4 nitrogen and oxygen atoms in total. The van der Waals surface area contributed by atoms with Crippen molar-refractivity contribution in [1.29, 1.82) is 0 Å². The Hall–Kier alpha value is -1.35. The Labute approximate surface area is 127 Å². The maximum absolute atomic E-state index is 12.0. The van der Waals surface area contributed by atoms with Gasteiger partial charge in [0.15, 0.2) is 0 Å². The largest absolute Gasteiger partial charge is 0.395 e. The molecule has 0 fully saturated rings. The Bertz CT molecular complexity index is 612. The van der Waals surface area contributed by atoms with E-state index in [0.717, 1.165) is 11.1 Å². The number of hydrogen-bond donors (Lipinski definition) is 2. The molecule has 5 heteroatoms. The predicted molar refractivity (Wildman–Crippen MR) is 85.2 cm³/mol. The third-order valence-corrected chi connectivity index (χ3v) is 4.58. The molecule has 1 aromatic carbocycles. The first kappa shape index (κ1) is 17.7. The Morgan fingerprint density at radius 1 is 1.29 bits per heavy atom. The molecule has 1 rings (SSSR count). The van der Waals surface area contributed by atoms with E-state index >= 15 is 0 Å². The van der Waals surface area contributed by atoms with Crippen molar-refractivity contribution >= 4 is 10.0 Å². The third-order valence-electron chi connectivity index (χ3n) is 2.77. The fourth-order valence-corrected chi connectivity index (χ4v) is 3.58. The Morgan fingerprint density at radius 2 is 2.00 bits per heavy atom. The van der Waals surface area contributed by atoms with Crippen LogP contribution in [0.2, 0.25) is 0 Å². The van der Waals surface area contributed by atoms with Gasteiger partial charge in [0.05, 0.1) is 12.4 Å². The van der Waals surface area contributed by atoms with Crippen LogP contribution in [0.3, 0.4) is 0 Å². The highest BCUT2D eigenvalue weighted by molar-refractivity contribution is 7.89. The summed E-state index contributed by atoms with van der Waals surface area (Å²) in [5, 5.41) is 8.71. The first-order valence-corrected chi connectivity index (χ1v) is 8.69. The molecule has 0 saturated heterocycles. The van der Waals surface area contributed by atoms with E-state index in [1.807, 2.05) is 45.0 Å². The Balaban J connectivity index is 2.82. The van der Waals surface area contributed by atoms with E-state index in [1.54, 1.807) is 0 Å². The standard InChI is InChI=1S/C16H23NO3S/c1-13(2)12-21(19,20)17-14(3)16-9-6-8-15(11-16)7-4-5-10-18/h6,8-9,11,13-14,17-18H,5,10,12H2,1-3H3. The number of aliphatic hydroxyl groups excluding tert-OH is 1. The zero-order valence-electron chi connectivity index (χ0n) is 12.8. The number of benzene rings is 1. The van der Waals surface area contributed by atoms with E-state index in [0.29, 0.717) is 6.42 Å². The summed E-state index contributed by atoms with van der Waals surface area (Å²) in [5.41, 5.74) is 1.69. The molecule has 0 aliphatic heterocycles. The summed E-state index contributed by atoms with van der Waals surface area (Å²) < 4.78 is 26.6. The van der Waals surface area contributed by atoms with Crippen LogP contribution in [0.1, 0.15) is 44.4 Å². The maximum atomic E-state index is 12.0. The van der Waals surface area contributed by atoms with Crippen molar-refractivity contribution < 1.29 is 13.5 Å². The van der Waals surface area contributed by atoms with E-state index in [9.17, 15) is 8.42 Å². The summed E-state index contributed by atoms with van der Waals surface area (Å²) in [4.78, 5) is 0. The Morgan fingerprint density at radius 3 is 2.62 bits per heavy atom. The van der Waals surface area contributed by atoms with Gasteiger partial charge in [-0.05, 0) is 30.5 Å². The molecule has 2 N–H and O–H groups in total. The van der Waals surface area contributed by atoms with Crippen LogP contribution in [-0.2, 0) is 10.0 Å². The monoisotopic (exact) mass is 309 g/mol. The van der Waals surface area contributed by atoms with Gasteiger partial charge in [0.1, 0.15) is 0 Å². The molecule has 1 aromatic rings. The molecule has 0 amide bonds. The molecule has 21 heavy (non-hydrogen) atoms. The number of aliphatic hydroxyl groups is 1. The van der Waals surface area contributed by atoms with Gasteiger partial charge in [-0.2, -0.15) is 0 Å². The van der Waals surface area contributed by atoms with Crippen LogP contribution >= 0.6 is 0 Å². The normalized spacial score (nSPS) is 12.8. The molecule has 1 unspecified atom stereocenters. The predicted octanol–water partition coefficient (Wildman–Crippen LogP) is 2.06. The molecule has 0 aromatic heterocycles. The van der Waals surface area contributed by atoms with Gasteiger partial charge in [0, 0.05) is 18.0 Å². The highest BCUT2D eigenvalue weighted by Gasteiger charge is 2.17. The minimum atomic E-state index is -3.28. The van der Waals surface area contributed by atoms with Crippen molar-refractivity contribution in [2.24, 2.45) is 5.92 Å². The number of rotatable bonds is 6. The van der Waals surface area contributed by atoms with E-state index in [1.165, 1.54) is 0 Å². The zero-order valence-corrected chi connectivity index (χ0v) is 13.6. The van der Waals surface area contributed by atoms with Crippen molar-refractivity contribution in [1.82, 2.24) is 4.72 Å². The van der Waals surface area contributed by atoms with Gasteiger partial charge in [-0.25, -0.2) is 13.1 Å². The zero-order chi connectivity index (χ0) is 15.9. The van der Waals surface area contributed by atoms with Gasteiger partial charge in [0.2, 0.25) is 10.0 Å². The summed E-state index contributed by atoms with van der Waals surface area (Å²) in [5.74, 6) is 6.01. The van der Waals surface area contributed by atoms with Crippen molar-refractivity contribution in [3.8, 4) is 11.8 Å². The molecule has 0 radical (unpaired) electrons. The lowest BCUT2D eigenvalue weighted by Crippen LogP contribution is -2.30. The van der Waals surface area contributed by atoms with Crippen molar-refractivity contribution in [2.75, 3.05) is 12.4 Å². The minimum absolute atomic E-state index is 0.0398. The number of hydrogen-bond acceptors (Lipinski definition) is 3. The third kappa shape index (κ3) is 6.76. The van der Waals surface area contributed by atoms with E-state index in [-0.39, 0.29) is 24.3 Å². The molecule has 0 heterocycles. The van der Waals surface area contributed by atoms with Crippen LogP contribution in [0.4, 0.5) is 0 Å². The second-order valence-corrected chi connectivity index (χ2v) is 7.21. The molecule has 1 atom stereocenters. The van der Waals surface area contributed by atoms with Crippen LogP contribution in [0.5, 0.6) is 0 Å². The second kappa shape index (κ2) is 8.18. The molecule has 0 saturated carbocycles. The van der Waals surface area contributed by atoms with Gasteiger partial charge < -0.3 is 5.11 Å². The van der Waals surface area contributed by atoms with Gasteiger partial charge in [-0.1, -0.05) is 37.8 Å². The first-order valence-electron chi connectivity index (χ1n) is 7.03. The van der Waals surface area contributed by atoms with E-state index < -0.39 is 10.0 Å². The minimum Gasteiger partial charge on any atom is -0.395 e. The molecular weight excluding hydrogens is 286 g/mol.